The number of benzene rings is 2. The Morgan fingerprint density at radius 2 is 1.65 bits per heavy atom. The normalized spacial score (nSPS) is 30.9. The molecular formula is C33H32N2O17. The number of carboxylic acids is 1. The van der Waals surface area contributed by atoms with Crippen molar-refractivity contribution in [1.29, 1.82) is 0 Å². The van der Waals surface area contributed by atoms with Crippen LogP contribution in [-0.4, -0.2) is 128 Å². The van der Waals surface area contributed by atoms with Gasteiger partial charge in [0.25, 0.3) is 5.69 Å². The van der Waals surface area contributed by atoms with Crippen LogP contribution in [0.5, 0.6) is 11.5 Å². The van der Waals surface area contributed by atoms with Gasteiger partial charge in [0, 0.05) is 61.6 Å². The highest BCUT2D eigenvalue weighted by Gasteiger charge is 2.73. The van der Waals surface area contributed by atoms with E-state index in [1.807, 2.05) is 0 Å². The van der Waals surface area contributed by atoms with E-state index >= 15 is 0 Å². The highest BCUT2D eigenvalue weighted by Crippen LogP contribution is 2.58. The topological polar surface area (TPSA) is 299 Å². The zero-order valence-electron chi connectivity index (χ0n) is 27.9. The Labute approximate surface area is 292 Å². The first-order chi connectivity index (χ1) is 24.4. The van der Waals surface area contributed by atoms with E-state index in [0.29, 0.717) is 6.07 Å². The number of rotatable bonds is 7. The number of allylic oxidation sites excluding steroid dienone is 2. The van der Waals surface area contributed by atoms with E-state index in [9.17, 15) is 64.7 Å². The molecule has 0 aromatic heterocycles. The number of aromatic carboxylic acids is 1. The molecule has 2 aromatic rings. The number of phenolic OH excluding ortho intramolecular Hbond substituents is 1. The van der Waals surface area contributed by atoms with E-state index in [1.54, 1.807) is 6.92 Å². The summed E-state index contributed by atoms with van der Waals surface area (Å²) in [5.41, 5.74) is -15.1. The molecule has 2 aromatic carbocycles. The molecule has 0 radical (unpaired) electrons. The largest absolute Gasteiger partial charge is 0.507 e. The Bertz CT molecular complexity index is 2060. The molecule has 3 aliphatic carbocycles. The summed E-state index contributed by atoms with van der Waals surface area (Å²) < 4.78 is 21.8. The number of aliphatic hydroxyl groups excluding tert-OH is 2. The minimum Gasteiger partial charge on any atom is -0.507 e. The lowest BCUT2D eigenvalue weighted by molar-refractivity contribution is -0.386. The number of carbonyl (C=O) groups is 5. The Morgan fingerprint density at radius 3 is 2.21 bits per heavy atom. The van der Waals surface area contributed by atoms with Crippen molar-refractivity contribution < 1.29 is 78.5 Å². The lowest BCUT2D eigenvalue weighted by Crippen LogP contribution is -2.73. The summed E-state index contributed by atoms with van der Waals surface area (Å²) in [6, 6.07) is 0.698. The van der Waals surface area contributed by atoms with Crippen LogP contribution in [0.1, 0.15) is 75.4 Å². The fraction of sp³-hybridized carbons (Fsp3) is 0.424. The third kappa shape index (κ3) is 4.47. The predicted octanol–water partition coefficient (Wildman–Crippen LogP) is -0.430. The number of aromatic hydroxyl groups is 2. The van der Waals surface area contributed by atoms with Gasteiger partial charge >= 0.3 is 5.97 Å². The number of hydrogen-bond donors (Lipinski definition) is 7. The predicted molar refractivity (Wildman–Crippen MR) is 168 cm³/mol. The third-order valence-corrected chi connectivity index (χ3v) is 10.4. The van der Waals surface area contributed by atoms with E-state index in [2.05, 4.69) is 5.32 Å². The summed E-state index contributed by atoms with van der Waals surface area (Å²) in [5, 5.41) is 82.2. The first kappa shape index (κ1) is 36.6. The lowest BCUT2D eigenvalue weighted by atomic mass is 9.56. The number of ether oxygens (including phenoxy) is 4. The van der Waals surface area contributed by atoms with Gasteiger partial charge in [-0.2, -0.15) is 0 Å². The van der Waals surface area contributed by atoms with E-state index in [1.165, 1.54) is 14.2 Å². The number of phenols is 2. The number of nitro groups is 1. The van der Waals surface area contributed by atoms with Gasteiger partial charge in [0.05, 0.1) is 34.0 Å². The number of aliphatic hydroxyl groups is 3. The maximum atomic E-state index is 14.6. The van der Waals surface area contributed by atoms with Crippen molar-refractivity contribution >= 4 is 34.8 Å². The zero-order chi connectivity index (χ0) is 38.5. The highest BCUT2D eigenvalue weighted by atomic mass is 16.6. The van der Waals surface area contributed by atoms with Crippen LogP contribution < -0.4 is 5.32 Å². The van der Waals surface area contributed by atoms with E-state index in [-0.39, 0.29) is 0 Å². The molecule has 19 nitrogen and oxygen atoms in total. The molecule has 1 aliphatic heterocycles. The Morgan fingerprint density at radius 1 is 1.02 bits per heavy atom. The molecule has 4 aliphatic rings. The Balaban J connectivity index is 1.55. The summed E-state index contributed by atoms with van der Waals surface area (Å²) in [6.45, 7) is 2.55. The van der Waals surface area contributed by atoms with Crippen LogP contribution in [0.2, 0.25) is 0 Å². The summed E-state index contributed by atoms with van der Waals surface area (Å²) in [7, 11) is 3.35. The smallest absolute Gasteiger partial charge is 0.340 e. The highest BCUT2D eigenvalue weighted by molar-refractivity contribution is 6.31. The molecule has 0 amide bonds. The first-order valence-corrected chi connectivity index (χ1v) is 15.5. The summed E-state index contributed by atoms with van der Waals surface area (Å²) in [5.74, 6) is -9.76. The molecule has 0 saturated carbocycles. The molecule has 0 spiro atoms. The number of nitrogens with one attached hydrogen (secondary N) is 1. The van der Waals surface area contributed by atoms with Crippen molar-refractivity contribution in [2.45, 2.75) is 68.2 Å². The average Bonchev–Trinajstić information content (AvgIpc) is 3.05. The van der Waals surface area contributed by atoms with Crippen LogP contribution in [0.3, 0.4) is 0 Å². The van der Waals surface area contributed by atoms with Crippen LogP contribution in [0, 0.1) is 17.0 Å². The maximum absolute atomic E-state index is 14.6. The molecule has 1 heterocycles. The SMILES string of the molecule is COC1C(C)OC(NC2=CC(=O)c3c(cc4c(c3O)C(=O)C3(OC)C(O)Cc5c([N+](=O)[O-])c(C)c(C(=O)O)c(O)c5C3(O)C4=O)C2=O)C(OC)C1O. The number of Topliss-reactive ketones (excluding diaryl/α,β-unsaturated/α-hetero) is 3. The molecule has 276 valence electrons. The number of carbonyl (C=O) groups excluding carboxylic acids is 4. The van der Waals surface area contributed by atoms with Crippen LogP contribution in [0.15, 0.2) is 17.8 Å². The van der Waals surface area contributed by atoms with Gasteiger partial charge in [-0.25, -0.2) is 4.79 Å². The maximum Gasteiger partial charge on any atom is 0.340 e. The summed E-state index contributed by atoms with van der Waals surface area (Å²) >= 11 is 0. The van der Waals surface area contributed by atoms with Gasteiger partial charge in [-0.15, -0.1) is 0 Å². The van der Waals surface area contributed by atoms with E-state index in [0.717, 1.165) is 20.1 Å². The van der Waals surface area contributed by atoms with Gasteiger partial charge in [-0.3, -0.25) is 29.3 Å². The van der Waals surface area contributed by atoms with Crippen LogP contribution in [-0.2, 0) is 31.0 Å². The molecule has 19 heteroatoms. The van der Waals surface area contributed by atoms with Gasteiger partial charge in [0.1, 0.15) is 35.4 Å². The van der Waals surface area contributed by atoms with Gasteiger partial charge in [-0.05, 0) is 19.9 Å². The number of fused-ring (bicyclic) bond motifs is 5. The van der Waals surface area contributed by atoms with Gasteiger partial charge in [-0.1, -0.05) is 0 Å². The minimum absolute atomic E-state index is 0.466. The van der Waals surface area contributed by atoms with Crippen molar-refractivity contribution in [2.24, 2.45) is 0 Å². The fourth-order valence-corrected chi connectivity index (χ4v) is 8.05. The number of methoxy groups -OCH3 is 3. The van der Waals surface area contributed by atoms with Gasteiger partial charge < -0.3 is 54.9 Å². The Hall–Kier alpha value is -5.15. The van der Waals surface area contributed by atoms with Gasteiger partial charge in [0.15, 0.2) is 23.2 Å². The number of hydrogen-bond acceptors (Lipinski definition) is 17. The number of ketones is 4. The zero-order valence-corrected chi connectivity index (χ0v) is 27.9. The average molecular weight is 729 g/mol. The van der Waals surface area contributed by atoms with E-state index in [4.69, 9.17) is 18.9 Å². The van der Waals surface area contributed by atoms with Crippen molar-refractivity contribution in [2.75, 3.05) is 21.3 Å². The fourth-order valence-electron chi connectivity index (χ4n) is 8.05. The molecular weight excluding hydrogens is 696 g/mol. The molecule has 8 atom stereocenters. The Kier molecular flexibility index (Phi) is 8.61. The molecule has 1 saturated heterocycles. The molecule has 0 bridgehead atoms. The minimum atomic E-state index is -3.61. The molecule has 1 fully saturated rings. The second-order valence-electron chi connectivity index (χ2n) is 12.8. The van der Waals surface area contributed by atoms with Crippen LogP contribution in [0.25, 0.3) is 0 Å². The van der Waals surface area contributed by atoms with Crippen molar-refractivity contribution in [3.8, 4) is 11.5 Å². The monoisotopic (exact) mass is 728 g/mol. The molecule has 6 rings (SSSR count). The van der Waals surface area contributed by atoms with E-state index < -0.39 is 156 Å². The van der Waals surface area contributed by atoms with Crippen molar-refractivity contribution in [1.82, 2.24) is 5.32 Å². The first-order valence-electron chi connectivity index (χ1n) is 15.5. The molecule has 8 unspecified atom stereocenters. The third-order valence-electron chi connectivity index (χ3n) is 10.4. The number of nitro benzene ring substituents is 1. The molecule has 7 N–H and O–H groups in total. The van der Waals surface area contributed by atoms with Gasteiger partial charge in [0.2, 0.25) is 17.3 Å². The van der Waals surface area contributed by atoms with Crippen LogP contribution >= 0.6 is 0 Å². The summed E-state index contributed by atoms with van der Waals surface area (Å²) in [6.07, 6.45) is -7.74. The van der Waals surface area contributed by atoms with Crippen molar-refractivity contribution in [3.05, 3.63) is 72.5 Å². The standard InChI is InChI=1S/C33H32N2O17/c1-9-17(31(44)45)24(40)20-13(21(9)35(47)48)7-16(37)33(51-5)29(43)19-12(28(42)32(20,33)46)6-11-18(23(19)39)15(36)8-14(22(11)38)34-30-27(50-4)25(41)26(49-3)10(2)52-30/h6,8,10,16,25-27,30,34,37,39-41,46H,7H2,1-5H3,(H,44,45). The second-order valence-corrected chi connectivity index (χ2v) is 12.8. The molecule has 52 heavy (non-hydrogen) atoms. The number of carboxylic acid groups (broad SMARTS) is 1. The number of nitrogens with zero attached hydrogens (tertiary/aromatic N) is 1. The summed E-state index contributed by atoms with van der Waals surface area (Å²) in [4.78, 5) is 79.9. The van der Waals surface area contributed by atoms with Crippen LogP contribution in [0.4, 0.5) is 5.69 Å². The second kappa shape index (κ2) is 12.2. The quantitative estimate of drug-likeness (QED) is 0.140. The lowest BCUT2D eigenvalue weighted by Gasteiger charge is -2.52. The van der Waals surface area contributed by atoms with Crippen molar-refractivity contribution in [3.63, 3.8) is 0 Å².